The molecular weight excluding hydrogens is 356 g/mol. The van der Waals surface area contributed by atoms with E-state index < -0.39 is 6.04 Å². The van der Waals surface area contributed by atoms with Gasteiger partial charge in [-0.2, -0.15) is 0 Å². The van der Waals surface area contributed by atoms with Gasteiger partial charge in [0.25, 0.3) is 0 Å². The molecule has 0 aliphatic rings. The van der Waals surface area contributed by atoms with Crippen LogP contribution in [0.4, 0.5) is 0 Å². The molecule has 0 radical (unpaired) electrons. The molecule has 1 atom stereocenters. The van der Waals surface area contributed by atoms with E-state index in [0.29, 0.717) is 11.6 Å². The quantitative estimate of drug-likeness (QED) is 0.706. The fraction of sp³-hybridized carbons (Fsp3) is 0.533. The van der Waals surface area contributed by atoms with E-state index in [4.69, 9.17) is 16.3 Å². The summed E-state index contributed by atoms with van der Waals surface area (Å²) in [7, 11) is 1.39. The number of nitrogens with zero attached hydrogens (tertiary/aromatic N) is 1. The van der Waals surface area contributed by atoms with Gasteiger partial charge in [-0.3, -0.25) is 5.32 Å². The molecule has 1 aromatic carbocycles. The van der Waals surface area contributed by atoms with E-state index in [2.05, 4.69) is 40.0 Å². The first-order valence-corrected chi connectivity index (χ1v) is 8.19. The minimum atomic E-state index is -0.504. The average molecular weight is 378 g/mol. The van der Waals surface area contributed by atoms with E-state index in [-0.39, 0.29) is 5.97 Å². The highest BCUT2D eigenvalue weighted by molar-refractivity contribution is 9.10. The van der Waals surface area contributed by atoms with Crippen LogP contribution in [0, 0.1) is 0 Å². The molecular formula is C15H22BrClN2O2. The Kier molecular flexibility index (Phi) is 8.26. The number of benzene rings is 1. The molecule has 1 aromatic rings. The number of carbonyl (C=O) groups is 1. The summed E-state index contributed by atoms with van der Waals surface area (Å²) in [5.41, 5.74) is 0.801. The number of nitrogens with one attached hydrogen (secondary N) is 1. The Morgan fingerprint density at radius 2 is 2.10 bits per heavy atom. The van der Waals surface area contributed by atoms with Gasteiger partial charge in [-0.25, -0.2) is 4.79 Å². The molecule has 0 fully saturated rings. The fourth-order valence-corrected chi connectivity index (χ4v) is 2.49. The lowest BCUT2D eigenvalue weighted by atomic mass is 10.1. The summed E-state index contributed by atoms with van der Waals surface area (Å²) in [5, 5.41) is 3.82. The fourth-order valence-electron chi connectivity index (χ4n) is 2.05. The zero-order valence-corrected chi connectivity index (χ0v) is 15.0. The van der Waals surface area contributed by atoms with Crippen LogP contribution < -0.4 is 5.32 Å². The van der Waals surface area contributed by atoms with E-state index in [1.54, 1.807) is 6.07 Å². The minimum absolute atomic E-state index is 0.312. The lowest BCUT2D eigenvalue weighted by Gasteiger charge is -2.21. The van der Waals surface area contributed by atoms with Crippen LogP contribution in [0.5, 0.6) is 0 Å². The largest absolute Gasteiger partial charge is 0.468 e. The van der Waals surface area contributed by atoms with Crippen molar-refractivity contribution in [2.24, 2.45) is 0 Å². The maximum absolute atomic E-state index is 12.0. The lowest BCUT2D eigenvalue weighted by molar-refractivity contribution is -0.143. The van der Waals surface area contributed by atoms with Crippen molar-refractivity contribution < 1.29 is 9.53 Å². The number of rotatable bonds is 8. The first-order valence-electron chi connectivity index (χ1n) is 7.01. The summed E-state index contributed by atoms with van der Waals surface area (Å²) >= 11 is 9.45. The maximum Gasteiger partial charge on any atom is 0.327 e. The van der Waals surface area contributed by atoms with Gasteiger partial charge in [-0.1, -0.05) is 31.5 Å². The van der Waals surface area contributed by atoms with E-state index in [0.717, 1.165) is 29.7 Å². The molecule has 0 bridgehead atoms. The first kappa shape index (κ1) is 18.4. The molecule has 0 amide bonds. The van der Waals surface area contributed by atoms with Crippen molar-refractivity contribution in [3.8, 4) is 0 Å². The summed E-state index contributed by atoms with van der Waals surface area (Å²) in [5.74, 6) is -0.312. The Morgan fingerprint density at radius 3 is 2.62 bits per heavy atom. The van der Waals surface area contributed by atoms with Crippen molar-refractivity contribution in [2.45, 2.75) is 19.9 Å². The SMILES string of the molecule is CCN(CC)CCNC(C(=O)OC)c1ccc(Br)c(Cl)c1. The predicted molar refractivity (Wildman–Crippen MR) is 89.7 cm³/mol. The molecule has 1 rings (SSSR count). The number of methoxy groups -OCH3 is 1. The van der Waals surface area contributed by atoms with E-state index in [9.17, 15) is 4.79 Å². The molecule has 0 aliphatic carbocycles. The zero-order valence-electron chi connectivity index (χ0n) is 12.7. The zero-order chi connectivity index (χ0) is 15.8. The van der Waals surface area contributed by atoms with Gasteiger partial charge in [-0.15, -0.1) is 0 Å². The van der Waals surface area contributed by atoms with Gasteiger partial charge in [-0.05, 0) is 46.7 Å². The number of halogens is 2. The van der Waals surface area contributed by atoms with Gasteiger partial charge in [0.05, 0.1) is 12.1 Å². The first-order chi connectivity index (χ1) is 10.0. The molecule has 0 aromatic heterocycles. The summed E-state index contributed by atoms with van der Waals surface area (Å²) < 4.78 is 5.68. The number of esters is 1. The third-order valence-corrected chi connectivity index (χ3v) is 4.62. The molecule has 1 N–H and O–H groups in total. The second-order valence-corrected chi connectivity index (χ2v) is 5.87. The highest BCUT2D eigenvalue weighted by Crippen LogP contribution is 2.26. The number of likely N-dealkylation sites (N-methyl/N-ethyl adjacent to an activating group) is 1. The maximum atomic E-state index is 12.0. The number of ether oxygens (including phenoxy) is 1. The Balaban J connectivity index is 2.76. The highest BCUT2D eigenvalue weighted by atomic mass is 79.9. The van der Waals surface area contributed by atoms with Crippen LogP contribution in [0.3, 0.4) is 0 Å². The van der Waals surface area contributed by atoms with Crippen LogP contribution in [0.15, 0.2) is 22.7 Å². The van der Waals surface area contributed by atoms with E-state index in [1.165, 1.54) is 7.11 Å². The molecule has 1 unspecified atom stereocenters. The van der Waals surface area contributed by atoms with Crippen molar-refractivity contribution >= 4 is 33.5 Å². The molecule has 6 heteroatoms. The third-order valence-electron chi connectivity index (χ3n) is 3.38. The lowest BCUT2D eigenvalue weighted by Crippen LogP contribution is -2.36. The number of carbonyl (C=O) groups excluding carboxylic acids is 1. The van der Waals surface area contributed by atoms with Gasteiger partial charge in [0.15, 0.2) is 0 Å². The molecule has 0 saturated heterocycles. The molecule has 4 nitrogen and oxygen atoms in total. The summed E-state index contributed by atoms with van der Waals surface area (Å²) in [4.78, 5) is 14.3. The second-order valence-electron chi connectivity index (χ2n) is 4.61. The Hall–Kier alpha value is -0.620. The average Bonchev–Trinajstić information content (AvgIpc) is 2.50. The van der Waals surface area contributed by atoms with Crippen LogP contribution >= 0.6 is 27.5 Å². The van der Waals surface area contributed by atoms with Gasteiger partial charge < -0.3 is 9.64 Å². The Morgan fingerprint density at radius 1 is 1.43 bits per heavy atom. The van der Waals surface area contributed by atoms with Crippen molar-refractivity contribution in [1.29, 1.82) is 0 Å². The molecule has 118 valence electrons. The van der Waals surface area contributed by atoms with Gasteiger partial charge >= 0.3 is 5.97 Å². The molecule has 21 heavy (non-hydrogen) atoms. The molecule has 0 saturated carbocycles. The van der Waals surface area contributed by atoms with Crippen LogP contribution in [0.2, 0.25) is 5.02 Å². The van der Waals surface area contributed by atoms with Crippen molar-refractivity contribution in [3.05, 3.63) is 33.3 Å². The van der Waals surface area contributed by atoms with Crippen molar-refractivity contribution in [1.82, 2.24) is 10.2 Å². The van der Waals surface area contributed by atoms with Gasteiger partial charge in [0.1, 0.15) is 6.04 Å². The number of hydrogen-bond acceptors (Lipinski definition) is 4. The minimum Gasteiger partial charge on any atom is -0.468 e. The van der Waals surface area contributed by atoms with Crippen LogP contribution in [0.1, 0.15) is 25.5 Å². The molecule has 0 aliphatic heterocycles. The summed E-state index contributed by atoms with van der Waals surface area (Å²) in [6.07, 6.45) is 0. The van der Waals surface area contributed by atoms with Crippen LogP contribution in [-0.4, -0.2) is 44.2 Å². The monoisotopic (exact) mass is 376 g/mol. The standard InChI is InChI=1S/C15H22BrClN2O2/c1-4-19(5-2)9-8-18-14(15(20)21-3)11-6-7-12(16)13(17)10-11/h6-7,10,14,18H,4-5,8-9H2,1-3H3. The van der Waals surface area contributed by atoms with Gasteiger partial charge in [0, 0.05) is 17.6 Å². The predicted octanol–water partition coefficient (Wildman–Crippen LogP) is 3.25. The summed E-state index contributed by atoms with van der Waals surface area (Å²) in [6.45, 7) is 7.81. The second kappa shape index (κ2) is 9.41. The highest BCUT2D eigenvalue weighted by Gasteiger charge is 2.21. The van der Waals surface area contributed by atoms with Crippen molar-refractivity contribution in [2.75, 3.05) is 33.3 Å². The van der Waals surface area contributed by atoms with Crippen LogP contribution in [0.25, 0.3) is 0 Å². The third kappa shape index (κ3) is 5.58. The van der Waals surface area contributed by atoms with E-state index in [1.807, 2.05) is 12.1 Å². The summed E-state index contributed by atoms with van der Waals surface area (Å²) in [6, 6.07) is 4.97. The van der Waals surface area contributed by atoms with Crippen molar-refractivity contribution in [3.63, 3.8) is 0 Å². The smallest absolute Gasteiger partial charge is 0.327 e. The number of hydrogen-bond donors (Lipinski definition) is 1. The Labute approximate surface area is 139 Å². The molecule has 0 heterocycles. The Bertz CT molecular complexity index is 467. The molecule has 0 spiro atoms. The van der Waals surface area contributed by atoms with Gasteiger partial charge in [0.2, 0.25) is 0 Å². The van der Waals surface area contributed by atoms with Crippen LogP contribution in [-0.2, 0) is 9.53 Å². The normalized spacial score (nSPS) is 12.5. The topological polar surface area (TPSA) is 41.6 Å². The van der Waals surface area contributed by atoms with E-state index >= 15 is 0 Å².